The second kappa shape index (κ2) is 8.56. The SMILES string of the molecule is CC(C)COc1c[nH]c(Cn2c(=O)[nH]c3scc(-c4ccc(Cl)cc4)c3c2=O)cc1=O. The average Bonchev–Trinajstić information content (AvgIpc) is 3.14. The van der Waals surface area contributed by atoms with Crippen molar-refractivity contribution in [2.75, 3.05) is 6.61 Å². The van der Waals surface area contributed by atoms with Gasteiger partial charge >= 0.3 is 5.69 Å². The summed E-state index contributed by atoms with van der Waals surface area (Å²) in [5.41, 5.74) is 0.701. The Morgan fingerprint density at radius 3 is 2.58 bits per heavy atom. The van der Waals surface area contributed by atoms with Crippen molar-refractivity contribution in [3.8, 4) is 16.9 Å². The van der Waals surface area contributed by atoms with Crippen LogP contribution in [0.4, 0.5) is 0 Å². The van der Waals surface area contributed by atoms with Crippen LogP contribution in [0.15, 0.2) is 56.3 Å². The minimum absolute atomic E-state index is 0.0697. The molecule has 2 N–H and O–H groups in total. The first kappa shape index (κ1) is 21.1. The molecule has 0 saturated carbocycles. The first-order chi connectivity index (χ1) is 14.8. The largest absolute Gasteiger partial charge is 0.488 e. The summed E-state index contributed by atoms with van der Waals surface area (Å²) in [6.07, 6.45) is 1.46. The molecule has 0 spiro atoms. The third-order valence-electron chi connectivity index (χ3n) is 4.71. The molecule has 3 aromatic heterocycles. The van der Waals surface area contributed by atoms with Crippen LogP contribution in [-0.2, 0) is 6.54 Å². The van der Waals surface area contributed by atoms with Crippen LogP contribution in [-0.4, -0.2) is 21.1 Å². The van der Waals surface area contributed by atoms with Crippen LogP contribution in [0.1, 0.15) is 19.5 Å². The van der Waals surface area contributed by atoms with Gasteiger partial charge in [0, 0.05) is 33.9 Å². The fraction of sp³-hybridized carbons (Fsp3) is 0.227. The van der Waals surface area contributed by atoms with Crippen molar-refractivity contribution in [2.45, 2.75) is 20.4 Å². The van der Waals surface area contributed by atoms with Gasteiger partial charge in [0.1, 0.15) is 4.83 Å². The predicted octanol–water partition coefficient (Wildman–Crippen LogP) is 3.84. The molecule has 0 amide bonds. The Balaban J connectivity index is 1.73. The summed E-state index contributed by atoms with van der Waals surface area (Å²) in [5.74, 6) is 0.486. The van der Waals surface area contributed by atoms with Crippen molar-refractivity contribution in [3.63, 3.8) is 0 Å². The Morgan fingerprint density at radius 2 is 1.90 bits per heavy atom. The minimum Gasteiger partial charge on any atom is -0.488 e. The number of benzene rings is 1. The molecule has 0 bridgehead atoms. The summed E-state index contributed by atoms with van der Waals surface area (Å²) >= 11 is 7.26. The molecule has 1 aromatic carbocycles. The topological polar surface area (TPSA) is 96.9 Å². The molecular formula is C22H20ClN3O4S. The number of aromatic nitrogens is 3. The first-order valence-electron chi connectivity index (χ1n) is 9.68. The van der Waals surface area contributed by atoms with E-state index in [2.05, 4.69) is 9.97 Å². The van der Waals surface area contributed by atoms with Crippen LogP contribution >= 0.6 is 22.9 Å². The van der Waals surface area contributed by atoms with Crippen molar-refractivity contribution in [3.05, 3.63) is 83.7 Å². The normalized spacial score (nSPS) is 11.4. The van der Waals surface area contributed by atoms with Crippen LogP contribution < -0.4 is 21.4 Å². The van der Waals surface area contributed by atoms with E-state index in [4.69, 9.17) is 16.3 Å². The van der Waals surface area contributed by atoms with Gasteiger partial charge in [-0.25, -0.2) is 4.79 Å². The summed E-state index contributed by atoms with van der Waals surface area (Å²) in [5, 5.41) is 2.85. The van der Waals surface area contributed by atoms with Crippen molar-refractivity contribution < 1.29 is 4.74 Å². The molecule has 9 heteroatoms. The molecule has 0 fully saturated rings. The van der Waals surface area contributed by atoms with Gasteiger partial charge in [0.05, 0.1) is 18.5 Å². The Labute approximate surface area is 185 Å². The van der Waals surface area contributed by atoms with Gasteiger partial charge in [-0.05, 0) is 23.6 Å². The van der Waals surface area contributed by atoms with Gasteiger partial charge in [-0.1, -0.05) is 37.6 Å². The third kappa shape index (κ3) is 4.35. The molecule has 0 saturated heterocycles. The monoisotopic (exact) mass is 457 g/mol. The number of pyridine rings is 1. The van der Waals surface area contributed by atoms with Gasteiger partial charge in [0.2, 0.25) is 5.43 Å². The van der Waals surface area contributed by atoms with Crippen LogP contribution in [0.25, 0.3) is 21.3 Å². The van der Waals surface area contributed by atoms with E-state index >= 15 is 0 Å². The molecule has 4 aromatic rings. The quantitative estimate of drug-likeness (QED) is 0.459. The highest BCUT2D eigenvalue weighted by molar-refractivity contribution is 7.17. The molecule has 0 aliphatic rings. The van der Waals surface area contributed by atoms with E-state index in [1.165, 1.54) is 23.6 Å². The zero-order chi connectivity index (χ0) is 22.1. The number of H-pyrrole nitrogens is 2. The number of aromatic amines is 2. The van der Waals surface area contributed by atoms with Crippen molar-refractivity contribution in [1.82, 2.24) is 14.5 Å². The number of halogens is 1. The summed E-state index contributed by atoms with van der Waals surface area (Å²) in [7, 11) is 0. The third-order valence-corrected chi connectivity index (χ3v) is 5.86. The van der Waals surface area contributed by atoms with Gasteiger partial charge in [0.15, 0.2) is 5.75 Å². The van der Waals surface area contributed by atoms with Crippen molar-refractivity contribution in [2.24, 2.45) is 5.92 Å². The zero-order valence-corrected chi connectivity index (χ0v) is 18.5. The van der Waals surface area contributed by atoms with Crippen molar-refractivity contribution in [1.29, 1.82) is 0 Å². The van der Waals surface area contributed by atoms with E-state index in [1.54, 1.807) is 12.1 Å². The lowest BCUT2D eigenvalue weighted by atomic mass is 10.1. The molecule has 31 heavy (non-hydrogen) atoms. The molecule has 0 atom stereocenters. The highest BCUT2D eigenvalue weighted by Gasteiger charge is 2.16. The lowest BCUT2D eigenvalue weighted by molar-refractivity contribution is 0.267. The van der Waals surface area contributed by atoms with Gasteiger partial charge in [-0.15, -0.1) is 11.3 Å². The second-order valence-corrected chi connectivity index (χ2v) is 8.89. The van der Waals surface area contributed by atoms with E-state index in [1.807, 2.05) is 31.4 Å². The Kier molecular flexibility index (Phi) is 5.84. The maximum absolute atomic E-state index is 13.2. The number of ether oxygens (including phenoxy) is 1. The lowest BCUT2D eigenvalue weighted by Gasteiger charge is -2.09. The predicted molar refractivity (Wildman–Crippen MR) is 124 cm³/mol. The average molecular weight is 458 g/mol. The maximum Gasteiger partial charge on any atom is 0.329 e. The highest BCUT2D eigenvalue weighted by Crippen LogP contribution is 2.30. The molecule has 7 nitrogen and oxygen atoms in total. The molecule has 160 valence electrons. The summed E-state index contributed by atoms with van der Waals surface area (Å²) in [6.45, 7) is 4.32. The Bertz CT molecular complexity index is 1410. The Hall–Kier alpha value is -3.10. The number of fused-ring (bicyclic) bond motifs is 1. The summed E-state index contributed by atoms with van der Waals surface area (Å²) in [6, 6.07) is 8.49. The smallest absolute Gasteiger partial charge is 0.329 e. The number of nitrogens with one attached hydrogen (secondary N) is 2. The standard InChI is InChI=1S/C22H20ClN3O4S/c1-12(2)10-30-18-8-24-15(7-17(18)27)9-26-21(28)19-16(11-31-20(19)25-22(26)29)13-3-5-14(23)6-4-13/h3-8,11-12H,9-10H2,1-2H3,(H,24,27)(H,25,29). The molecule has 0 aliphatic heterocycles. The van der Waals surface area contributed by atoms with E-state index in [-0.39, 0.29) is 23.6 Å². The lowest BCUT2D eigenvalue weighted by Crippen LogP contribution is -2.35. The number of thiophene rings is 1. The number of nitrogens with zero attached hydrogens (tertiary/aromatic N) is 1. The molecule has 0 unspecified atom stereocenters. The highest BCUT2D eigenvalue weighted by atomic mass is 35.5. The van der Waals surface area contributed by atoms with Crippen LogP contribution in [0.3, 0.4) is 0 Å². The number of hydrogen-bond acceptors (Lipinski definition) is 5. The summed E-state index contributed by atoms with van der Waals surface area (Å²) in [4.78, 5) is 44.3. The Morgan fingerprint density at radius 1 is 1.16 bits per heavy atom. The zero-order valence-electron chi connectivity index (χ0n) is 16.9. The van der Waals surface area contributed by atoms with Gasteiger partial charge in [-0.3, -0.25) is 19.1 Å². The van der Waals surface area contributed by atoms with Crippen LogP contribution in [0.5, 0.6) is 5.75 Å². The summed E-state index contributed by atoms with van der Waals surface area (Å²) < 4.78 is 6.56. The van der Waals surface area contributed by atoms with E-state index in [0.717, 1.165) is 15.7 Å². The van der Waals surface area contributed by atoms with Gasteiger partial charge in [0.25, 0.3) is 5.56 Å². The van der Waals surface area contributed by atoms with E-state index < -0.39 is 11.2 Å². The van der Waals surface area contributed by atoms with Crippen molar-refractivity contribution >= 4 is 33.2 Å². The fourth-order valence-electron chi connectivity index (χ4n) is 3.17. The molecule has 0 radical (unpaired) electrons. The number of rotatable bonds is 6. The van der Waals surface area contributed by atoms with E-state index in [0.29, 0.717) is 27.5 Å². The number of hydrogen-bond donors (Lipinski definition) is 2. The molecule has 4 rings (SSSR count). The first-order valence-corrected chi connectivity index (χ1v) is 10.9. The maximum atomic E-state index is 13.2. The molecule has 3 heterocycles. The fourth-order valence-corrected chi connectivity index (χ4v) is 4.25. The van der Waals surface area contributed by atoms with Crippen LogP contribution in [0, 0.1) is 5.92 Å². The van der Waals surface area contributed by atoms with Gasteiger partial charge < -0.3 is 9.72 Å². The van der Waals surface area contributed by atoms with Crippen LogP contribution in [0.2, 0.25) is 5.02 Å². The minimum atomic E-state index is -0.539. The second-order valence-electron chi connectivity index (χ2n) is 7.57. The van der Waals surface area contributed by atoms with E-state index in [9.17, 15) is 14.4 Å². The molecular weight excluding hydrogens is 438 g/mol. The van der Waals surface area contributed by atoms with Gasteiger partial charge in [-0.2, -0.15) is 0 Å². The molecule has 0 aliphatic carbocycles.